The predicted molar refractivity (Wildman–Crippen MR) is 64.8 cm³/mol. The molecular weight excluding hydrogens is 186 g/mol. The standard InChI is InChI=1S/C13H23NO/c1-4-15-11-10-13(14(2)3)12-8-6-5-7-9-12/h8,10H,4-7,9,11H2,1-3H3/b13-10+. The lowest BCUT2D eigenvalue weighted by molar-refractivity contribution is 0.176. The van der Waals surface area contributed by atoms with Crippen molar-refractivity contribution in [1.29, 1.82) is 0 Å². The average molecular weight is 209 g/mol. The summed E-state index contributed by atoms with van der Waals surface area (Å²) in [6, 6.07) is 0. The van der Waals surface area contributed by atoms with Gasteiger partial charge in [-0.1, -0.05) is 6.08 Å². The normalized spacial score (nSPS) is 17.5. The summed E-state index contributed by atoms with van der Waals surface area (Å²) in [5, 5.41) is 0. The maximum absolute atomic E-state index is 5.37. The third-order valence-electron chi connectivity index (χ3n) is 2.70. The maximum atomic E-state index is 5.37. The maximum Gasteiger partial charge on any atom is 0.0670 e. The second kappa shape index (κ2) is 6.67. The molecule has 0 saturated carbocycles. The van der Waals surface area contributed by atoms with Crippen LogP contribution in [-0.2, 0) is 4.74 Å². The first kappa shape index (κ1) is 12.3. The minimum absolute atomic E-state index is 0.724. The molecule has 0 N–H and O–H groups in total. The van der Waals surface area contributed by atoms with Crippen molar-refractivity contribution in [2.75, 3.05) is 27.3 Å². The zero-order chi connectivity index (χ0) is 11.1. The number of rotatable bonds is 5. The number of ether oxygens (including phenoxy) is 1. The Morgan fingerprint density at radius 2 is 2.27 bits per heavy atom. The van der Waals surface area contributed by atoms with Crippen LogP contribution in [0.5, 0.6) is 0 Å². The van der Waals surface area contributed by atoms with Gasteiger partial charge < -0.3 is 9.64 Å². The zero-order valence-electron chi connectivity index (χ0n) is 10.3. The molecule has 1 aliphatic rings. The summed E-state index contributed by atoms with van der Waals surface area (Å²) in [5.74, 6) is 0. The van der Waals surface area contributed by atoms with E-state index in [4.69, 9.17) is 4.74 Å². The van der Waals surface area contributed by atoms with Crippen molar-refractivity contribution in [1.82, 2.24) is 4.90 Å². The highest BCUT2D eigenvalue weighted by Crippen LogP contribution is 2.24. The van der Waals surface area contributed by atoms with Gasteiger partial charge in [0.1, 0.15) is 0 Å². The van der Waals surface area contributed by atoms with Crippen molar-refractivity contribution < 1.29 is 4.74 Å². The van der Waals surface area contributed by atoms with E-state index in [0.29, 0.717) is 0 Å². The smallest absolute Gasteiger partial charge is 0.0670 e. The van der Waals surface area contributed by atoms with E-state index in [1.165, 1.54) is 37.0 Å². The third kappa shape index (κ3) is 4.08. The van der Waals surface area contributed by atoms with Gasteiger partial charge in [-0.3, -0.25) is 0 Å². The summed E-state index contributed by atoms with van der Waals surface area (Å²) in [4.78, 5) is 2.19. The average Bonchev–Trinajstić information content (AvgIpc) is 2.25. The Kier molecular flexibility index (Phi) is 5.48. The van der Waals surface area contributed by atoms with E-state index >= 15 is 0 Å². The van der Waals surface area contributed by atoms with Crippen LogP contribution >= 0.6 is 0 Å². The Labute approximate surface area is 93.6 Å². The van der Waals surface area contributed by atoms with Crippen molar-refractivity contribution in [3.8, 4) is 0 Å². The van der Waals surface area contributed by atoms with Crippen LogP contribution in [0.4, 0.5) is 0 Å². The lowest BCUT2D eigenvalue weighted by Gasteiger charge is -2.23. The highest BCUT2D eigenvalue weighted by Gasteiger charge is 2.09. The van der Waals surface area contributed by atoms with Gasteiger partial charge in [0, 0.05) is 26.4 Å². The summed E-state index contributed by atoms with van der Waals surface area (Å²) in [6.45, 7) is 3.54. The van der Waals surface area contributed by atoms with Gasteiger partial charge in [-0.25, -0.2) is 0 Å². The predicted octanol–water partition coefficient (Wildman–Crippen LogP) is 2.97. The van der Waals surface area contributed by atoms with Gasteiger partial charge in [-0.05, 0) is 44.3 Å². The molecule has 0 aromatic rings. The molecule has 0 heterocycles. The second-order valence-corrected chi connectivity index (χ2v) is 4.12. The fraction of sp³-hybridized carbons (Fsp3) is 0.692. The topological polar surface area (TPSA) is 12.5 Å². The van der Waals surface area contributed by atoms with Gasteiger partial charge in [0.2, 0.25) is 0 Å². The molecule has 86 valence electrons. The second-order valence-electron chi connectivity index (χ2n) is 4.12. The van der Waals surface area contributed by atoms with Crippen LogP contribution in [0.15, 0.2) is 23.4 Å². The van der Waals surface area contributed by atoms with Crippen molar-refractivity contribution in [3.63, 3.8) is 0 Å². The van der Waals surface area contributed by atoms with E-state index in [-0.39, 0.29) is 0 Å². The van der Waals surface area contributed by atoms with E-state index < -0.39 is 0 Å². The van der Waals surface area contributed by atoms with E-state index in [1.54, 1.807) is 0 Å². The quantitative estimate of drug-likeness (QED) is 0.645. The van der Waals surface area contributed by atoms with Crippen LogP contribution < -0.4 is 0 Å². The van der Waals surface area contributed by atoms with Gasteiger partial charge in [0.15, 0.2) is 0 Å². The van der Waals surface area contributed by atoms with Crippen LogP contribution in [0, 0.1) is 0 Å². The van der Waals surface area contributed by atoms with Crippen molar-refractivity contribution in [3.05, 3.63) is 23.4 Å². The fourth-order valence-electron chi connectivity index (χ4n) is 1.93. The molecule has 0 radical (unpaired) electrons. The Balaban J connectivity index is 2.63. The minimum Gasteiger partial charge on any atom is -0.378 e. The van der Waals surface area contributed by atoms with Gasteiger partial charge in [-0.15, -0.1) is 0 Å². The fourth-order valence-corrected chi connectivity index (χ4v) is 1.93. The molecule has 0 atom stereocenters. The van der Waals surface area contributed by atoms with E-state index in [2.05, 4.69) is 31.1 Å². The molecular formula is C13H23NO. The molecule has 0 amide bonds. The van der Waals surface area contributed by atoms with Gasteiger partial charge in [-0.2, -0.15) is 0 Å². The zero-order valence-corrected chi connectivity index (χ0v) is 10.3. The number of nitrogens with zero attached hydrogens (tertiary/aromatic N) is 1. The molecule has 2 nitrogen and oxygen atoms in total. The summed E-state index contributed by atoms with van der Waals surface area (Å²) in [7, 11) is 4.21. The molecule has 2 heteroatoms. The lowest BCUT2D eigenvalue weighted by Crippen LogP contribution is -2.15. The lowest BCUT2D eigenvalue weighted by atomic mass is 9.96. The van der Waals surface area contributed by atoms with Crippen LogP contribution in [0.25, 0.3) is 0 Å². The summed E-state index contributed by atoms with van der Waals surface area (Å²) < 4.78 is 5.37. The minimum atomic E-state index is 0.724. The Morgan fingerprint density at radius 3 is 2.80 bits per heavy atom. The van der Waals surface area contributed by atoms with Gasteiger partial charge in [0.25, 0.3) is 0 Å². The number of allylic oxidation sites excluding steroid dienone is 2. The molecule has 0 aromatic carbocycles. The number of hydrogen-bond donors (Lipinski definition) is 0. The Hall–Kier alpha value is -0.760. The van der Waals surface area contributed by atoms with Crippen LogP contribution in [0.3, 0.4) is 0 Å². The van der Waals surface area contributed by atoms with E-state index in [0.717, 1.165) is 13.2 Å². The first-order valence-electron chi connectivity index (χ1n) is 5.90. The molecule has 0 saturated heterocycles. The third-order valence-corrected chi connectivity index (χ3v) is 2.70. The van der Waals surface area contributed by atoms with E-state index in [1.807, 2.05) is 6.92 Å². The van der Waals surface area contributed by atoms with Crippen molar-refractivity contribution >= 4 is 0 Å². The number of likely N-dealkylation sites (N-methyl/N-ethyl adjacent to an activating group) is 1. The summed E-state index contributed by atoms with van der Waals surface area (Å²) >= 11 is 0. The van der Waals surface area contributed by atoms with Gasteiger partial charge in [0.05, 0.1) is 6.61 Å². The Bertz CT molecular complexity index is 241. The van der Waals surface area contributed by atoms with Crippen LogP contribution in [0.1, 0.15) is 32.6 Å². The molecule has 0 aromatic heterocycles. The van der Waals surface area contributed by atoms with E-state index in [9.17, 15) is 0 Å². The molecule has 0 spiro atoms. The van der Waals surface area contributed by atoms with Crippen LogP contribution in [0.2, 0.25) is 0 Å². The van der Waals surface area contributed by atoms with Crippen LogP contribution in [-0.4, -0.2) is 32.2 Å². The summed E-state index contributed by atoms with van der Waals surface area (Å²) in [5.41, 5.74) is 2.83. The Morgan fingerprint density at radius 1 is 1.47 bits per heavy atom. The monoisotopic (exact) mass is 209 g/mol. The van der Waals surface area contributed by atoms with Crippen molar-refractivity contribution in [2.45, 2.75) is 32.6 Å². The highest BCUT2D eigenvalue weighted by atomic mass is 16.5. The highest BCUT2D eigenvalue weighted by molar-refractivity contribution is 5.30. The molecule has 1 rings (SSSR count). The van der Waals surface area contributed by atoms with Gasteiger partial charge >= 0.3 is 0 Å². The molecule has 0 fully saturated rings. The largest absolute Gasteiger partial charge is 0.378 e. The van der Waals surface area contributed by atoms with Crippen molar-refractivity contribution in [2.24, 2.45) is 0 Å². The molecule has 1 aliphatic carbocycles. The summed E-state index contributed by atoms with van der Waals surface area (Å²) in [6.07, 6.45) is 9.69. The SMILES string of the molecule is CCOC/C=C(\C1=CCCCC1)N(C)C. The molecule has 0 bridgehead atoms. The molecule has 0 unspecified atom stereocenters. The first-order chi connectivity index (χ1) is 7.25. The first-order valence-corrected chi connectivity index (χ1v) is 5.90. The number of hydrogen-bond acceptors (Lipinski definition) is 2. The molecule has 15 heavy (non-hydrogen) atoms. The molecule has 0 aliphatic heterocycles.